The fourth-order valence-electron chi connectivity index (χ4n) is 3.17. The zero-order valence-corrected chi connectivity index (χ0v) is 15.7. The van der Waals surface area contributed by atoms with Gasteiger partial charge in [-0.25, -0.2) is 0 Å². The number of methoxy groups -OCH3 is 3. The third kappa shape index (κ3) is 2.84. The predicted octanol–water partition coefficient (Wildman–Crippen LogP) is 1.94. The summed E-state index contributed by atoms with van der Waals surface area (Å²) in [5.74, 6) is 1.13. The number of rotatable bonds is 4. The van der Waals surface area contributed by atoms with Gasteiger partial charge in [-0.3, -0.25) is 14.6 Å². The van der Waals surface area contributed by atoms with Crippen molar-refractivity contribution < 1.29 is 19.0 Å². The maximum atomic E-state index is 12.6. The molecule has 26 heavy (non-hydrogen) atoms. The highest BCUT2D eigenvalue weighted by molar-refractivity contribution is 7.71. The van der Waals surface area contributed by atoms with Crippen LogP contribution in [0.3, 0.4) is 0 Å². The Labute approximate surface area is 154 Å². The van der Waals surface area contributed by atoms with Crippen LogP contribution in [0.15, 0.2) is 16.9 Å². The maximum Gasteiger partial charge on any atom is 0.257 e. The van der Waals surface area contributed by atoms with Gasteiger partial charge in [0.05, 0.1) is 26.9 Å². The van der Waals surface area contributed by atoms with Gasteiger partial charge in [-0.2, -0.15) is 0 Å². The highest BCUT2D eigenvalue weighted by Gasteiger charge is 2.33. The smallest absolute Gasteiger partial charge is 0.257 e. The Hall–Kier alpha value is -2.81. The molecule has 1 atom stereocenters. The summed E-state index contributed by atoms with van der Waals surface area (Å²) in [5, 5.41) is 2.74. The third-order valence-electron chi connectivity index (χ3n) is 4.47. The number of nitrogens with zero attached hydrogens (tertiary/aromatic N) is 1. The first-order valence-electron chi connectivity index (χ1n) is 7.84. The third-order valence-corrected chi connectivity index (χ3v) is 4.84. The number of hydrogen-bond acceptors (Lipinski definition) is 6. The van der Waals surface area contributed by atoms with Crippen LogP contribution in [-0.2, 0) is 11.8 Å². The molecule has 1 aromatic heterocycles. The van der Waals surface area contributed by atoms with Crippen molar-refractivity contribution >= 4 is 23.9 Å². The molecule has 2 aromatic rings. The van der Waals surface area contributed by atoms with E-state index in [-0.39, 0.29) is 22.7 Å². The van der Waals surface area contributed by atoms with Gasteiger partial charge in [0.2, 0.25) is 5.91 Å². The first-order valence-corrected chi connectivity index (χ1v) is 8.25. The zero-order valence-electron chi connectivity index (χ0n) is 14.8. The van der Waals surface area contributed by atoms with Crippen molar-refractivity contribution in [3.05, 3.63) is 38.4 Å². The second-order valence-electron chi connectivity index (χ2n) is 5.83. The van der Waals surface area contributed by atoms with Crippen LogP contribution in [-0.4, -0.2) is 36.8 Å². The highest BCUT2D eigenvalue weighted by Crippen LogP contribution is 2.43. The van der Waals surface area contributed by atoms with Gasteiger partial charge in [-0.1, -0.05) is 0 Å². The molecule has 0 fully saturated rings. The number of amides is 1. The Balaban J connectivity index is 2.30. The summed E-state index contributed by atoms with van der Waals surface area (Å²) < 4.78 is 17.9. The minimum absolute atomic E-state index is 0.0959. The van der Waals surface area contributed by atoms with Crippen molar-refractivity contribution in [1.29, 1.82) is 0 Å². The number of H-pyrrole nitrogens is 1. The van der Waals surface area contributed by atoms with Crippen LogP contribution in [0.25, 0.3) is 0 Å². The lowest BCUT2D eigenvalue weighted by Crippen LogP contribution is -2.33. The van der Waals surface area contributed by atoms with E-state index in [0.29, 0.717) is 34.2 Å². The van der Waals surface area contributed by atoms with Gasteiger partial charge in [0.25, 0.3) is 5.56 Å². The van der Waals surface area contributed by atoms with Crippen LogP contribution in [0.2, 0.25) is 0 Å². The lowest BCUT2D eigenvalue weighted by atomic mass is 9.86. The Morgan fingerprint density at radius 3 is 2.31 bits per heavy atom. The predicted molar refractivity (Wildman–Crippen MR) is 98.1 cm³/mol. The maximum absolute atomic E-state index is 12.6. The molecule has 0 radical (unpaired) electrons. The van der Waals surface area contributed by atoms with E-state index < -0.39 is 5.92 Å². The molecule has 0 aliphatic carbocycles. The second kappa shape index (κ2) is 6.83. The monoisotopic (exact) mass is 377 g/mol. The molecule has 1 amide bonds. The molecule has 0 saturated heterocycles. The molecule has 0 bridgehead atoms. The standard InChI is InChI=1S/C17H19N3O5S/c1-20-15-14(16(22)19-17(20)26)9(6-13(21)18-15)8-5-11(24-3)12(25-4)7-10(8)23-2/h5,7,9H,6H2,1-4H3,(H,18,21)(H,19,22,26). The number of fused-ring (bicyclic) bond motifs is 1. The summed E-state index contributed by atoms with van der Waals surface area (Å²) in [7, 11) is 6.25. The Morgan fingerprint density at radius 2 is 1.69 bits per heavy atom. The number of aromatic amines is 1. The van der Waals surface area contributed by atoms with Crippen molar-refractivity contribution in [3.8, 4) is 17.2 Å². The van der Waals surface area contributed by atoms with Gasteiger partial charge in [-0.15, -0.1) is 0 Å². The molecule has 2 N–H and O–H groups in total. The van der Waals surface area contributed by atoms with Crippen LogP contribution in [0.4, 0.5) is 5.82 Å². The van der Waals surface area contributed by atoms with Gasteiger partial charge >= 0.3 is 0 Å². The topological polar surface area (TPSA) is 94.6 Å². The summed E-state index contributed by atoms with van der Waals surface area (Å²) in [6, 6.07) is 3.40. The minimum atomic E-state index is -0.515. The van der Waals surface area contributed by atoms with Gasteiger partial charge in [-0.05, 0) is 18.3 Å². The fourth-order valence-corrected chi connectivity index (χ4v) is 3.36. The Kier molecular flexibility index (Phi) is 4.73. The van der Waals surface area contributed by atoms with Crippen molar-refractivity contribution in [3.63, 3.8) is 0 Å². The molecule has 0 spiro atoms. The quantitative estimate of drug-likeness (QED) is 0.791. The molecule has 1 aliphatic heterocycles. The van der Waals surface area contributed by atoms with Gasteiger partial charge in [0.15, 0.2) is 16.3 Å². The van der Waals surface area contributed by atoms with Crippen LogP contribution in [0.1, 0.15) is 23.5 Å². The molecular formula is C17H19N3O5S. The van der Waals surface area contributed by atoms with E-state index in [2.05, 4.69) is 10.3 Å². The Bertz CT molecular complexity index is 995. The zero-order chi connectivity index (χ0) is 19.0. The van der Waals surface area contributed by atoms with Crippen LogP contribution < -0.4 is 25.1 Å². The summed E-state index contributed by atoms with van der Waals surface area (Å²) in [6.45, 7) is 0. The lowest BCUT2D eigenvalue weighted by molar-refractivity contribution is -0.116. The van der Waals surface area contributed by atoms with Crippen LogP contribution in [0.5, 0.6) is 17.2 Å². The SMILES string of the molecule is COc1cc(OC)c(C2CC(=O)Nc3c2c(=O)[nH]c(=S)n3C)cc1OC. The van der Waals surface area contributed by atoms with Crippen molar-refractivity contribution in [2.24, 2.45) is 7.05 Å². The van der Waals surface area contributed by atoms with E-state index in [1.807, 2.05) is 0 Å². The number of ether oxygens (including phenoxy) is 3. The first kappa shape index (κ1) is 18.0. The van der Waals surface area contributed by atoms with Crippen molar-refractivity contribution in [1.82, 2.24) is 9.55 Å². The summed E-state index contributed by atoms with van der Waals surface area (Å²) >= 11 is 5.14. The van der Waals surface area contributed by atoms with Gasteiger partial charge in [0.1, 0.15) is 11.6 Å². The van der Waals surface area contributed by atoms with E-state index in [4.69, 9.17) is 26.4 Å². The molecular weight excluding hydrogens is 358 g/mol. The fraction of sp³-hybridized carbons (Fsp3) is 0.353. The van der Waals surface area contributed by atoms with E-state index in [0.717, 1.165) is 0 Å². The number of carbonyl (C=O) groups excluding carboxylic acids is 1. The molecule has 138 valence electrons. The molecule has 9 heteroatoms. The van der Waals surface area contributed by atoms with E-state index in [9.17, 15) is 9.59 Å². The highest BCUT2D eigenvalue weighted by atomic mass is 32.1. The van der Waals surface area contributed by atoms with Gasteiger partial charge in [0, 0.05) is 31.0 Å². The number of hydrogen-bond donors (Lipinski definition) is 2. The second-order valence-corrected chi connectivity index (χ2v) is 6.22. The molecule has 3 rings (SSSR count). The summed E-state index contributed by atoms with van der Waals surface area (Å²) in [5.41, 5.74) is 0.736. The van der Waals surface area contributed by atoms with E-state index >= 15 is 0 Å². The van der Waals surface area contributed by atoms with Crippen LogP contribution in [0, 0.1) is 4.77 Å². The molecule has 1 aliphatic rings. The van der Waals surface area contributed by atoms with Crippen LogP contribution >= 0.6 is 12.2 Å². The molecule has 1 unspecified atom stereocenters. The normalized spacial score (nSPS) is 15.8. The number of carbonyl (C=O) groups is 1. The van der Waals surface area contributed by atoms with E-state index in [1.165, 1.54) is 21.3 Å². The largest absolute Gasteiger partial charge is 0.496 e. The molecule has 1 aromatic carbocycles. The van der Waals surface area contributed by atoms with Crippen molar-refractivity contribution in [2.45, 2.75) is 12.3 Å². The first-order chi connectivity index (χ1) is 12.4. The average molecular weight is 377 g/mol. The van der Waals surface area contributed by atoms with E-state index in [1.54, 1.807) is 23.7 Å². The molecule has 8 nitrogen and oxygen atoms in total. The minimum Gasteiger partial charge on any atom is -0.496 e. The number of benzene rings is 1. The van der Waals surface area contributed by atoms with Gasteiger partial charge < -0.3 is 24.1 Å². The summed E-state index contributed by atoms with van der Waals surface area (Å²) in [6.07, 6.45) is 0.0959. The number of aromatic nitrogens is 2. The van der Waals surface area contributed by atoms with Crippen molar-refractivity contribution in [2.75, 3.05) is 26.6 Å². The summed E-state index contributed by atoms with van der Waals surface area (Å²) in [4.78, 5) is 27.6. The molecule has 2 heterocycles. The Morgan fingerprint density at radius 1 is 1.08 bits per heavy atom. The molecule has 0 saturated carbocycles. The number of anilines is 1. The number of nitrogens with one attached hydrogen (secondary N) is 2. The lowest BCUT2D eigenvalue weighted by Gasteiger charge is -2.28. The average Bonchev–Trinajstić information content (AvgIpc) is 2.64.